The molecule has 60 heavy (non-hydrogen) atoms. The lowest BCUT2D eigenvalue weighted by molar-refractivity contribution is -0.394. The Bertz CT molecular complexity index is 2340. The number of phenols is 4. The molecule has 0 bridgehead atoms. The van der Waals surface area contributed by atoms with Gasteiger partial charge < -0.3 is 20.4 Å². The minimum atomic E-state index is -0.729. The fourth-order valence-electron chi connectivity index (χ4n) is 5.81. The van der Waals surface area contributed by atoms with Crippen LogP contribution in [0.15, 0.2) is 68.0 Å². The van der Waals surface area contributed by atoms with Crippen molar-refractivity contribution >= 4 is 39.8 Å². The van der Waals surface area contributed by atoms with Crippen LogP contribution in [0.1, 0.15) is 66.8 Å². The molecule has 316 valence electrons. The number of aryl methyl sites for hydroxylation is 4. The summed E-state index contributed by atoms with van der Waals surface area (Å²) in [4.78, 5) is 20.3. The number of nitrogens with one attached hydrogen (secondary N) is 3. The third-order valence-electron chi connectivity index (χ3n) is 10.0. The standard InChI is InChI=1S/C15H14N4O5.3C9H12N2O/c1-8-4-14(20)9(2)10(3)15(8)17-16-11-5-12(18(21)22)7-13(6-11)19(23)24;3*1-5-4-8(12)6(2)7(3)9(5)11-10/h4-7,20H,1-3H3;3*4,10,12H,1-3H3. The van der Waals surface area contributed by atoms with Crippen LogP contribution >= 0.6 is 0 Å². The molecule has 7 N–H and O–H groups in total. The largest absolute Gasteiger partial charge is 0.508 e. The minimum absolute atomic E-state index is 0.000396. The summed E-state index contributed by atoms with van der Waals surface area (Å²) in [6, 6.07) is 9.51. The zero-order chi connectivity index (χ0) is 45.9. The minimum Gasteiger partial charge on any atom is -0.508 e. The maximum atomic E-state index is 10.9. The van der Waals surface area contributed by atoms with Crippen molar-refractivity contribution in [2.45, 2.75) is 83.1 Å². The highest BCUT2D eigenvalue weighted by molar-refractivity contribution is 5.62. The van der Waals surface area contributed by atoms with Gasteiger partial charge in [-0.3, -0.25) is 20.2 Å². The lowest BCUT2D eigenvalue weighted by Crippen LogP contribution is -1.92. The van der Waals surface area contributed by atoms with Crippen molar-refractivity contribution in [3.05, 3.63) is 129 Å². The van der Waals surface area contributed by atoms with Gasteiger partial charge in [0.15, 0.2) is 0 Å². The van der Waals surface area contributed by atoms with Crippen LogP contribution in [-0.2, 0) is 0 Å². The quantitative estimate of drug-likeness (QED) is 0.0469. The number of benzene rings is 5. The van der Waals surface area contributed by atoms with E-state index >= 15 is 0 Å². The monoisotopic (exact) mass is 822 g/mol. The highest BCUT2D eigenvalue weighted by atomic mass is 16.6. The summed E-state index contributed by atoms with van der Waals surface area (Å²) in [5.41, 5.74) is 32.0. The van der Waals surface area contributed by atoms with Crippen LogP contribution in [0, 0.1) is 120 Å². The molecule has 5 rings (SSSR count). The number of azo groups is 1. The van der Waals surface area contributed by atoms with Gasteiger partial charge in [0.1, 0.15) is 23.0 Å². The zero-order valence-electron chi connectivity index (χ0n) is 35.6. The van der Waals surface area contributed by atoms with Crippen LogP contribution in [0.3, 0.4) is 0 Å². The molecule has 18 heteroatoms. The maximum Gasteiger partial charge on any atom is 0.278 e. The Kier molecular flexibility index (Phi) is 16.8. The molecule has 0 heterocycles. The van der Waals surface area contributed by atoms with Crippen LogP contribution in [0.2, 0.25) is 0 Å². The van der Waals surface area contributed by atoms with Gasteiger partial charge in [-0.2, -0.15) is 20.5 Å². The Morgan fingerprint density at radius 1 is 0.400 bits per heavy atom. The predicted octanol–water partition coefficient (Wildman–Crippen LogP) is 13.5. The molecular formula is C42H50N10O8. The van der Waals surface area contributed by atoms with E-state index in [-0.39, 0.29) is 28.7 Å². The molecule has 0 unspecified atom stereocenters. The maximum absolute atomic E-state index is 10.9. The van der Waals surface area contributed by atoms with Gasteiger partial charge in [-0.05, 0) is 174 Å². The van der Waals surface area contributed by atoms with Crippen LogP contribution < -0.4 is 0 Å². The molecule has 5 aromatic carbocycles. The molecular weight excluding hydrogens is 773 g/mol. The third-order valence-corrected chi connectivity index (χ3v) is 10.0. The van der Waals surface area contributed by atoms with Crippen LogP contribution in [0.4, 0.5) is 39.8 Å². The number of phenolic OH excluding ortho intramolecular Hbond substituents is 4. The molecule has 0 atom stereocenters. The summed E-state index contributed by atoms with van der Waals surface area (Å²) in [7, 11) is 0. The fraction of sp³-hybridized carbons (Fsp3) is 0.286. The van der Waals surface area contributed by atoms with Crippen molar-refractivity contribution in [1.29, 1.82) is 16.6 Å². The molecule has 0 amide bonds. The molecule has 0 aliphatic carbocycles. The van der Waals surface area contributed by atoms with Gasteiger partial charge in [-0.15, -0.1) is 5.11 Å². The van der Waals surface area contributed by atoms with Crippen molar-refractivity contribution in [2.24, 2.45) is 25.6 Å². The van der Waals surface area contributed by atoms with E-state index in [1.165, 1.54) is 6.07 Å². The Labute approximate surface area is 347 Å². The Hall–Kier alpha value is -7.50. The Balaban J connectivity index is 0.000000294. The van der Waals surface area contributed by atoms with Crippen LogP contribution in [-0.4, -0.2) is 30.3 Å². The number of nitrogens with zero attached hydrogens (tertiary/aromatic N) is 7. The van der Waals surface area contributed by atoms with Gasteiger partial charge >= 0.3 is 0 Å². The number of nitro groups is 2. The molecule has 0 saturated carbocycles. The normalized spacial score (nSPS) is 10.3. The Morgan fingerprint density at radius 2 is 0.650 bits per heavy atom. The lowest BCUT2D eigenvalue weighted by atomic mass is 10.0. The number of hydrogen-bond acceptors (Lipinski definition) is 16. The van der Waals surface area contributed by atoms with E-state index in [9.17, 15) is 40.7 Å². The summed E-state index contributed by atoms with van der Waals surface area (Å²) in [6.07, 6.45) is 0. The second-order valence-corrected chi connectivity index (χ2v) is 14.0. The average molecular weight is 823 g/mol. The Morgan fingerprint density at radius 3 is 0.900 bits per heavy atom. The molecule has 0 aliphatic rings. The first-order valence-corrected chi connectivity index (χ1v) is 18.1. The average Bonchev–Trinajstić information content (AvgIpc) is 3.18. The van der Waals surface area contributed by atoms with E-state index < -0.39 is 21.2 Å². The van der Waals surface area contributed by atoms with E-state index in [0.29, 0.717) is 39.4 Å². The van der Waals surface area contributed by atoms with Crippen molar-refractivity contribution in [1.82, 2.24) is 0 Å². The van der Waals surface area contributed by atoms with Crippen LogP contribution in [0.25, 0.3) is 0 Å². The summed E-state index contributed by atoms with van der Waals surface area (Å²) >= 11 is 0. The molecule has 5 aromatic rings. The first-order valence-electron chi connectivity index (χ1n) is 18.1. The second-order valence-electron chi connectivity index (χ2n) is 14.0. The van der Waals surface area contributed by atoms with E-state index in [4.69, 9.17) is 16.6 Å². The van der Waals surface area contributed by atoms with Gasteiger partial charge in [-0.1, -0.05) is 0 Å². The highest BCUT2D eigenvalue weighted by Gasteiger charge is 2.17. The molecule has 18 nitrogen and oxygen atoms in total. The smallest absolute Gasteiger partial charge is 0.278 e. The molecule has 0 fully saturated rings. The van der Waals surface area contributed by atoms with Crippen molar-refractivity contribution in [2.75, 3.05) is 0 Å². The number of non-ortho nitro benzene ring substituents is 2. The summed E-state index contributed by atoms with van der Waals surface area (Å²) in [5.74, 6) is 0.960. The van der Waals surface area contributed by atoms with Gasteiger partial charge in [0.25, 0.3) is 11.4 Å². The lowest BCUT2D eigenvalue weighted by Gasteiger charge is -2.09. The van der Waals surface area contributed by atoms with Crippen molar-refractivity contribution in [3.63, 3.8) is 0 Å². The summed E-state index contributed by atoms with van der Waals surface area (Å²) < 4.78 is 0. The number of nitro benzene ring substituents is 2. The van der Waals surface area contributed by atoms with E-state index in [1.807, 2.05) is 62.3 Å². The van der Waals surface area contributed by atoms with Gasteiger partial charge in [0, 0.05) is 12.1 Å². The van der Waals surface area contributed by atoms with Gasteiger partial charge in [-0.25, -0.2) is 16.6 Å². The first-order chi connectivity index (χ1) is 27.9. The fourth-order valence-corrected chi connectivity index (χ4v) is 5.81. The molecule has 0 radical (unpaired) electrons. The topological polar surface area (TPSA) is 301 Å². The molecule has 0 aliphatic heterocycles. The second kappa shape index (κ2) is 20.8. The number of aromatic hydroxyl groups is 4. The molecule has 0 spiro atoms. The van der Waals surface area contributed by atoms with Crippen molar-refractivity contribution < 1.29 is 30.3 Å². The number of hydrogen-bond donors (Lipinski definition) is 7. The van der Waals surface area contributed by atoms with E-state index in [1.54, 1.807) is 39.0 Å². The summed E-state index contributed by atoms with van der Waals surface area (Å²) in [6.45, 7) is 21.7. The SMILES string of the molecule is Cc1cc(O)c(C)c(C)c1N=N.Cc1cc(O)c(C)c(C)c1N=N.Cc1cc(O)c(C)c(C)c1N=N.Cc1cc(O)c(C)c(C)c1N=Nc1cc([N+](=O)[O-])cc([N+](=O)[O-])c1. The van der Waals surface area contributed by atoms with Gasteiger partial charge in [0.2, 0.25) is 0 Å². The third kappa shape index (κ3) is 11.6. The van der Waals surface area contributed by atoms with Gasteiger partial charge in [0.05, 0.1) is 44.3 Å². The number of rotatable bonds is 7. The highest BCUT2D eigenvalue weighted by Crippen LogP contribution is 2.36. The van der Waals surface area contributed by atoms with Crippen LogP contribution in [0.5, 0.6) is 23.0 Å². The van der Waals surface area contributed by atoms with E-state index in [2.05, 4.69) is 25.6 Å². The summed E-state index contributed by atoms with van der Waals surface area (Å²) in [5, 5.41) is 77.9. The molecule has 0 saturated heterocycles. The first kappa shape index (κ1) is 48.6. The van der Waals surface area contributed by atoms with E-state index in [0.717, 1.165) is 68.3 Å². The van der Waals surface area contributed by atoms with Crippen molar-refractivity contribution in [3.8, 4) is 23.0 Å². The zero-order valence-corrected chi connectivity index (χ0v) is 35.6. The molecule has 0 aromatic heterocycles. The predicted molar refractivity (Wildman–Crippen MR) is 228 cm³/mol.